The number of nitrogens with zero attached hydrogens (tertiary/aromatic N) is 2. The Balaban J connectivity index is 1.45. The van der Waals surface area contributed by atoms with Gasteiger partial charge in [0.25, 0.3) is 0 Å². The van der Waals surface area contributed by atoms with Crippen LogP contribution in [0.5, 0.6) is 0 Å². The van der Waals surface area contributed by atoms with Crippen molar-refractivity contribution in [2.75, 3.05) is 31.6 Å². The Morgan fingerprint density at radius 1 is 1.22 bits per heavy atom. The van der Waals surface area contributed by atoms with Gasteiger partial charge in [-0.2, -0.15) is 0 Å². The Labute approximate surface area is 164 Å². The first-order chi connectivity index (χ1) is 13.0. The number of benzene rings is 2. The highest BCUT2D eigenvalue weighted by molar-refractivity contribution is 6.31. The van der Waals surface area contributed by atoms with Gasteiger partial charge in [-0.15, -0.1) is 0 Å². The molecule has 0 bridgehead atoms. The summed E-state index contributed by atoms with van der Waals surface area (Å²) in [6.45, 7) is 2.54. The molecule has 0 radical (unpaired) electrons. The number of likely N-dealkylation sites (N-methyl/N-ethyl adjacent to an activating group) is 1. The molecule has 0 aromatic heterocycles. The molecule has 1 atom stereocenters. The van der Waals surface area contributed by atoms with Crippen LogP contribution in [0.15, 0.2) is 54.6 Å². The fourth-order valence-corrected chi connectivity index (χ4v) is 3.45. The van der Waals surface area contributed by atoms with E-state index >= 15 is 0 Å². The lowest BCUT2D eigenvalue weighted by atomic mass is 10.1. The average Bonchev–Trinajstić information content (AvgIpc) is 3.04. The van der Waals surface area contributed by atoms with E-state index in [0.717, 1.165) is 18.8 Å². The molecule has 2 aromatic rings. The number of rotatable bonds is 7. The van der Waals surface area contributed by atoms with Crippen LogP contribution in [-0.2, 0) is 16.1 Å². The molecule has 1 unspecified atom stereocenters. The number of carbonyl (C=O) groups excluding carboxylic acids is 2. The molecular formula is C21H24ClN3O2. The van der Waals surface area contributed by atoms with Crippen LogP contribution in [-0.4, -0.2) is 43.4 Å². The van der Waals surface area contributed by atoms with Crippen LogP contribution in [0.2, 0.25) is 5.02 Å². The summed E-state index contributed by atoms with van der Waals surface area (Å²) in [5, 5.41) is 3.54. The molecule has 1 heterocycles. The van der Waals surface area contributed by atoms with E-state index in [1.807, 2.05) is 31.3 Å². The Morgan fingerprint density at radius 2 is 2.00 bits per heavy atom. The van der Waals surface area contributed by atoms with Gasteiger partial charge < -0.3 is 15.1 Å². The molecule has 1 saturated heterocycles. The molecule has 142 valence electrons. The van der Waals surface area contributed by atoms with Gasteiger partial charge in [0.15, 0.2) is 0 Å². The monoisotopic (exact) mass is 385 g/mol. The Bertz CT molecular complexity index is 797. The fourth-order valence-electron chi connectivity index (χ4n) is 3.27. The smallest absolute Gasteiger partial charge is 0.227 e. The van der Waals surface area contributed by atoms with Crippen molar-refractivity contribution in [3.05, 3.63) is 65.2 Å². The van der Waals surface area contributed by atoms with Gasteiger partial charge in [0, 0.05) is 43.3 Å². The number of hydrogen-bond acceptors (Lipinski definition) is 3. The average molecular weight is 386 g/mol. The van der Waals surface area contributed by atoms with E-state index in [4.69, 9.17) is 11.6 Å². The summed E-state index contributed by atoms with van der Waals surface area (Å²) >= 11 is 6.00. The van der Waals surface area contributed by atoms with Crippen molar-refractivity contribution in [1.29, 1.82) is 0 Å². The van der Waals surface area contributed by atoms with E-state index in [0.29, 0.717) is 18.1 Å². The van der Waals surface area contributed by atoms with E-state index in [2.05, 4.69) is 22.3 Å². The zero-order chi connectivity index (χ0) is 19.2. The van der Waals surface area contributed by atoms with Crippen LogP contribution in [0.3, 0.4) is 0 Å². The molecular weight excluding hydrogens is 362 g/mol. The minimum Gasteiger partial charge on any atom is -0.355 e. The predicted octanol–water partition coefficient (Wildman–Crippen LogP) is 2.94. The maximum absolute atomic E-state index is 12.4. The third kappa shape index (κ3) is 5.31. The van der Waals surface area contributed by atoms with Crippen LogP contribution >= 0.6 is 11.6 Å². The third-order valence-electron chi connectivity index (χ3n) is 4.70. The third-order valence-corrected chi connectivity index (χ3v) is 4.94. The molecule has 2 aromatic carbocycles. The van der Waals surface area contributed by atoms with E-state index in [1.54, 1.807) is 23.1 Å². The molecule has 0 saturated carbocycles. The van der Waals surface area contributed by atoms with Crippen molar-refractivity contribution in [2.24, 2.45) is 5.92 Å². The van der Waals surface area contributed by atoms with Crippen molar-refractivity contribution in [1.82, 2.24) is 10.2 Å². The van der Waals surface area contributed by atoms with Crippen LogP contribution < -0.4 is 10.2 Å². The molecule has 1 aliphatic heterocycles. The van der Waals surface area contributed by atoms with E-state index < -0.39 is 0 Å². The van der Waals surface area contributed by atoms with E-state index in [1.165, 1.54) is 5.56 Å². The van der Waals surface area contributed by atoms with Gasteiger partial charge >= 0.3 is 0 Å². The SMILES string of the molecule is CN(CCNC(=O)C1CC(=O)N(c2cccc(Cl)c2)C1)Cc1ccccc1. The highest BCUT2D eigenvalue weighted by Crippen LogP contribution is 2.27. The van der Waals surface area contributed by atoms with Gasteiger partial charge in [0.1, 0.15) is 0 Å². The van der Waals surface area contributed by atoms with Gasteiger partial charge in [-0.1, -0.05) is 48.0 Å². The molecule has 27 heavy (non-hydrogen) atoms. The normalized spacial score (nSPS) is 16.8. The number of halogens is 1. The molecule has 6 heteroatoms. The second kappa shape index (κ2) is 9.02. The van der Waals surface area contributed by atoms with Crippen molar-refractivity contribution in [2.45, 2.75) is 13.0 Å². The Hall–Kier alpha value is -2.37. The first-order valence-corrected chi connectivity index (χ1v) is 9.47. The van der Waals surface area contributed by atoms with Crippen molar-refractivity contribution in [3.8, 4) is 0 Å². The van der Waals surface area contributed by atoms with Crippen LogP contribution in [0.25, 0.3) is 0 Å². The molecule has 1 fully saturated rings. The summed E-state index contributed by atoms with van der Waals surface area (Å²) in [6, 6.07) is 17.4. The molecule has 1 N–H and O–H groups in total. The summed E-state index contributed by atoms with van der Waals surface area (Å²) in [6.07, 6.45) is 0.234. The first-order valence-electron chi connectivity index (χ1n) is 9.09. The maximum atomic E-state index is 12.4. The van der Waals surface area contributed by atoms with Gasteiger partial charge in [0.2, 0.25) is 11.8 Å². The second-order valence-electron chi connectivity index (χ2n) is 6.90. The highest BCUT2D eigenvalue weighted by atomic mass is 35.5. The number of hydrogen-bond donors (Lipinski definition) is 1. The predicted molar refractivity (Wildman–Crippen MR) is 108 cm³/mol. The molecule has 0 aliphatic carbocycles. The minimum absolute atomic E-state index is 0.0430. The quantitative estimate of drug-likeness (QED) is 0.797. The number of amides is 2. The summed E-state index contributed by atoms with van der Waals surface area (Å²) in [7, 11) is 2.03. The maximum Gasteiger partial charge on any atom is 0.227 e. The van der Waals surface area contributed by atoms with Crippen molar-refractivity contribution < 1.29 is 9.59 Å². The van der Waals surface area contributed by atoms with Gasteiger partial charge in [0.05, 0.1) is 5.92 Å². The number of nitrogens with one attached hydrogen (secondary N) is 1. The van der Waals surface area contributed by atoms with Crippen LogP contribution in [0, 0.1) is 5.92 Å². The first kappa shape index (κ1) is 19.4. The zero-order valence-corrected chi connectivity index (χ0v) is 16.2. The highest BCUT2D eigenvalue weighted by Gasteiger charge is 2.35. The van der Waals surface area contributed by atoms with Crippen molar-refractivity contribution in [3.63, 3.8) is 0 Å². The molecule has 3 rings (SSSR count). The molecule has 2 amide bonds. The zero-order valence-electron chi connectivity index (χ0n) is 15.4. The van der Waals surface area contributed by atoms with Crippen molar-refractivity contribution >= 4 is 29.1 Å². The van der Waals surface area contributed by atoms with Gasteiger partial charge in [-0.05, 0) is 30.8 Å². The summed E-state index contributed by atoms with van der Waals surface area (Å²) in [5.41, 5.74) is 1.98. The molecule has 5 nitrogen and oxygen atoms in total. The number of anilines is 1. The Kier molecular flexibility index (Phi) is 6.48. The largest absolute Gasteiger partial charge is 0.355 e. The van der Waals surface area contributed by atoms with E-state index in [-0.39, 0.29) is 24.2 Å². The standard InChI is InChI=1S/C21H24ClN3O2/c1-24(14-16-6-3-2-4-7-16)11-10-23-21(27)17-12-20(26)25(15-17)19-9-5-8-18(22)13-19/h2-9,13,17H,10-12,14-15H2,1H3,(H,23,27). The fraction of sp³-hybridized carbons (Fsp3) is 0.333. The minimum atomic E-state index is -0.323. The van der Waals surface area contributed by atoms with Crippen LogP contribution in [0.1, 0.15) is 12.0 Å². The number of carbonyl (C=O) groups is 2. The summed E-state index contributed by atoms with van der Waals surface area (Å²) in [4.78, 5) is 28.5. The van der Waals surface area contributed by atoms with Gasteiger partial charge in [-0.25, -0.2) is 0 Å². The summed E-state index contributed by atoms with van der Waals surface area (Å²) < 4.78 is 0. The second-order valence-corrected chi connectivity index (χ2v) is 7.34. The Morgan fingerprint density at radius 3 is 2.74 bits per heavy atom. The lowest BCUT2D eigenvalue weighted by Gasteiger charge is -2.19. The summed E-state index contributed by atoms with van der Waals surface area (Å²) in [5.74, 6) is -0.435. The lowest BCUT2D eigenvalue weighted by molar-refractivity contribution is -0.126. The lowest BCUT2D eigenvalue weighted by Crippen LogP contribution is -2.37. The van der Waals surface area contributed by atoms with Gasteiger partial charge in [-0.3, -0.25) is 9.59 Å². The topological polar surface area (TPSA) is 52.7 Å². The molecule has 1 aliphatic rings. The van der Waals surface area contributed by atoms with E-state index in [9.17, 15) is 9.59 Å². The van der Waals surface area contributed by atoms with Crippen LogP contribution in [0.4, 0.5) is 5.69 Å². The molecule has 0 spiro atoms.